The lowest BCUT2D eigenvalue weighted by Crippen LogP contribution is -2.31. The maximum atomic E-state index is 9.08. The Morgan fingerprint density at radius 2 is 2.38 bits per heavy atom. The van der Waals surface area contributed by atoms with Gasteiger partial charge in [-0.15, -0.1) is 0 Å². The molecule has 0 saturated carbocycles. The van der Waals surface area contributed by atoms with E-state index in [1.807, 2.05) is 23.0 Å². The Hall–Kier alpha value is -1.82. The summed E-state index contributed by atoms with van der Waals surface area (Å²) in [5, 5.41) is 12.4. The second kappa shape index (κ2) is 6.30. The van der Waals surface area contributed by atoms with Gasteiger partial charge in [-0.2, -0.15) is 0 Å². The van der Waals surface area contributed by atoms with E-state index < -0.39 is 0 Å². The van der Waals surface area contributed by atoms with Crippen molar-refractivity contribution >= 4 is 17.3 Å². The molecule has 0 radical (unpaired) electrons. The molecule has 0 aliphatic carbocycles. The van der Waals surface area contributed by atoms with Crippen LogP contribution in [0.1, 0.15) is 32.6 Å². The zero-order valence-corrected chi connectivity index (χ0v) is 12.5. The number of anilines is 2. The van der Waals surface area contributed by atoms with E-state index in [4.69, 9.17) is 10.1 Å². The largest absolute Gasteiger partial charge is 0.396 e. The van der Waals surface area contributed by atoms with E-state index in [9.17, 15) is 0 Å². The lowest BCUT2D eigenvalue weighted by molar-refractivity contribution is 0.279. The molecule has 2 N–H and O–H groups in total. The fraction of sp³-hybridized carbons (Fsp3) is 0.600. The fourth-order valence-electron chi connectivity index (χ4n) is 3.12. The predicted octanol–water partition coefficient (Wildman–Crippen LogP) is 1.90. The number of hydrogen-bond donors (Lipinski definition) is 2. The Morgan fingerprint density at radius 3 is 3.19 bits per heavy atom. The van der Waals surface area contributed by atoms with Gasteiger partial charge >= 0.3 is 0 Å². The normalized spacial score (nSPS) is 18.6. The van der Waals surface area contributed by atoms with Crippen molar-refractivity contribution in [3.05, 3.63) is 18.6 Å². The number of nitrogens with zero attached hydrogens (tertiary/aromatic N) is 4. The number of rotatable bonds is 6. The third-order valence-corrected chi connectivity index (χ3v) is 4.06. The quantitative estimate of drug-likeness (QED) is 0.850. The van der Waals surface area contributed by atoms with E-state index in [2.05, 4.69) is 22.1 Å². The molecule has 0 spiro atoms. The highest BCUT2D eigenvalue weighted by Crippen LogP contribution is 2.30. The molecule has 0 bridgehead atoms. The van der Waals surface area contributed by atoms with Gasteiger partial charge in [0.25, 0.3) is 0 Å². The van der Waals surface area contributed by atoms with Gasteiger partial charge in [-0.1, -0.05) is 0 Å². The van der Waals surface area contributed by atoms with Crippen LogP contribution in [0.3, 0.4) is 0 Å². The van der Waals surface area contributed by atoms with Crippen LogP contribution in [0, 0.1) is 0 Å². The molecule has 3 rings (SSSR count). The van der Waals surface area contributed by atoms with Crippen molar-refractivity contribution in [2.75, 3.05) is 29.9 Å². The Kier molecular flexibility index (Phi) is 4.24. The number of aliphatic hydroxyl groups excluding tert-OH is 1. The highest BCUT2D eigenvalue weighted by molar-refractivity contribution is 5.67. The number of imidazole rings is 1. The molecule has 6 heteroatoms. The molecule has 0 amide bonds. The van der Waals surface area contributed by atoms with Crippen molar-refractivity contribution in [1.82, 2.24) is 14.4 Å². The maximum Gasteiger partial charge on any atom is 0.180 e. The molecule has 1 fully saturated rings. The second-order valence-corrected chi connectivity index (χ2v) is 5.49. The Balaban J connectivity index is 1.95. The van der Waals surface area contributed by atoms with Crippen LogP contribution in [-0.4, -0.2) is 45.2 Å². The van der Waals surface area contributed by atoms with Crippen LogP contribution >= 0.6 is 0 Å². The highest BCUT2D eigenvalue weighted by atomic mass is 16.2. The van der Waals surface area contributed by atoms with Crippen molar-refractivity contribution in [3.8, 4) is 0 Å². The molecule has 2 aromatic rings. The highest BCUT2D eigenvalue weighted by Gasteiger charge is 2.27. The number of fused-ring (bicyclic) bond motifs is 1. The molecule has 1 saturated heterocycles. The summed E-state index contributed by atoms with van der Waals surface area (Å²) in [6, 6.07) is 0.460. The molecular formula is C15H23N5O. The van der Waals surface area contributed by atoms with Crippen LogP contribution in [0.15, 0.2) is 18.6 Å². The zero-order valence-electron chi connectivity index (χ0n) is 12.5. The van der Waals surface area contributed by atoms with Gasteiger partial charge in [0.2, 0.25) is 0 Å². The third kappa shape index (κ3) is 2.81. The van der Waals surface area contributed by atoms with Crippen LogP contribution in [0.4, 0.5) is 11.6 Å². The van der Waals surface area contributed by atoms with Crippen LogP contribution in [0.25, 0.3) is 5.65 Å². The van der Waals surface area contributed by atoms with Gasteiger partial charge in [-0.25, -0.2) is 9.97 Å². The molecule has 1 aliphatic rings. The summed E-state index contributed by atoms with van der Waals surface area (Å²) in [6.45, 7) is 4.19. The number of hydrogen-bond acceptors (Lipinski definition) is 5. The minimum absolute atomic E-state index is 0.258. The zero-order chi connectivity index (χ0) is 14.7. The van der Waals surface area contributed by atoms with Gasteiger partial charge in [-0.3, -0.25) is 0 Å². The van der Waals surface area contributed by atoms with E-state index in [-0.39, 0.29) is 6.61 Å². The standard InChI is InChI=1S/C15H23N5O/c1-2-16-13-11-19-9-7-17-14(19)15(18-13)20-8-3-5-12(20)6-4-10-21/h7,9,11-12,16,21H,2-6,8,10H2,1H3. The smallest absolute Gasteiger partial charge is 0.180 e. The lowest BCUT2D eigenvalue weighted by atomic mass is 10.1. The first-order valence-corrected chi connectivity index (χ1v) is 7.78. The Labute approximate surface area is 124 Å². The minimum Gasteiger partial charge on any atom is -0.396 e. The van der Waals surface area contributed by atoms with Gasteiger partial charge in [0, 0.05) is 38.1 Å². The van der Waals surface area contributed by atoms with Gasteiger partial charge < -0.3 is 19.7 Å². The topological polar surface area (TPSA) is 65.7 Å². The van der Waals surface area contributed by atoms with Gasteiger partial charge in [0.1, 0.15) is 5.82 Å². The molecular weight excluding hydrogens is 266 g/mol. The van der Waals surface area contributed by atoms with Crippen LogP contribution in [-0.2, 0) is 0 Å². The van der Waals surface area contributed by atoms with Gasteiger partial charge in [-0.05, 0) is 32.6 Å². The Morgan fingerprint density at radius 1 is 1.48 bits per heavy atom. The van der Waals surface area contributed by atoms with Crippen molar-refractivity contribution in [1.29, 1.82) is 0 Å². The molecule has 1 atom stereocenters. The van der Waals surface area contributed by atoms with Crippen LogP contribution < -0.4 is 10.2 Å². The van der Waals surface area contributed by atoms with Crippen LogP contribution in [0.5, 0.6) is 0 Å². The molecule has 1 unspecified atom stereocenters. The summed E-state index contributed by atoms with van der Waals surface area (Å²) in [5.74, 6) is 1.84. The first kappa shape index (κ1) is 14.1. The van der Waals surface area contributed by atoms with E-state index in [0.29, 0.717) is 6.04 Å². The van der Waals surface area contributed by atoms with E-state index in [1.54, 1.807) is 0 Å². The molecule has 6 nitrogen and oxygen atoms in total. The predicted molar refractivity (Wildman–Crippen MR) is 83.8 cm³/mol. The van der Waals surface area contributed by atoms with E-state index in [1.165, 1.54) is 12.8 Å². The SMILES string of the molecule is CCNc1cn2ccnc2c(N2CCCC2CCCO)n1. The summed E-state index contributed by atoms with van der Waals surface area (Å²) in [7, 11) is 0. The second-order valence-electron chi connectivity index (χ2n) is 5.49. The lowest BCUT2D eigenvalue weighted by Gasteiger charge is -2.26. The first-order valence-electron chi connectivity index (χ1n) is 7.78. The summed E-state index contributed by atoms with van der Waals surface area (Å²) < 4.78 is 2.03. The molecule has 21 heavy (non-hydrogen) atoms. The fourth-order valence-corrected chi connectivity index (χ4v) is 3.12. The third-order valence-electron chi connectivity index (χ3n) is 4.06. The molecule has 1 aliphatic heterocycles. The summed E-state index contributed by atoms with van der Waals surface area (Å²) >= 11 is 0. The molecule has 114 valence electrons. The van der Waals surface area contributed by atoms with Crippen LogP contribution in [0.2, 0.25) is 0 Å². The van der Waals surface area contributed by atoms with Crippen molar-refractivity contribution in [2.45, 2.75) is 38.6 Å². The van der Waals surface area contributed by atoms with Crippen molar-refractivity contribution < 1.29 is 5.11 Å². The summed E-state index contributed by atoms with van der Waals surface area (Å²) in [6.07, 6.45) is 9.95. The number of aromatic nitrogens is 3. The van der Waals surface area contributed by atoms with Gasteiger partial charge in [0.15, 0.2) is 11.5 Å². The summed E-state index contributed by atoms with van der Waals surface area (Å²) in [5.41, 5.74) is 0.910. The van der Waals surface area contributed by atoms with Crippen molar-refractivity contribution in [2.24, 2.45) is 0 Å². The molecule has 3 heterocycles. The first-order chi connectivity index (χ1) is 10.3. The molecule has 0 aromatic carbocycles. The maximum absolute atomic E-state index is 9.08. The van der Waals surface area contributed by atoms with Crippen molar-refractivity contribution in [3.63, 3.8) is 0 Å². The van der Waals surface area contributed by atoms with E-state index >= 15 is 0 Å². The minimum atomic E-state index is 0.258. The number of aliphatic hydroxyl groups is 1. The van der Waals surface area contributed by atoms with Gasteiger partial charge in [0.05, 0.1) is 6.20 Å². The Bertz CT molecular complexity index is 597. The van der Waals surface area contributed by atoms with E-state index in [0.717, 1.165) is 43.2 Å². The number of nitrogens with one attached hydrogen (secondary N) is 1. The molecule has 2 aromatic heterocycles. The average Bonchev–Trinajstić information content (AvgIpc) is 3.13. The average molecular weight is 289 g/mol. The summed E-state index contributed by atoms with van der Waals surface area (Å²) in [4.78, 5) is 11.6. The monoisotopic (exact) mass is 289 g/mol.